The van der Waals surface area contributed by atoms with E-state index in [-0.39, 0.29) is 12.6 Å². The fourth-order valence-corrected chi connectivity index (χ4v) is 0.921. The Morgan fingerprint density at radius 2 is 2.08 bits per heavy atom. The summed E-state index contributed by atoms with van der Waals surface area (Å²) in [6.45, 7) is 1.84. The van der Waals surface area contributed by atoms with Crippen molar-refractivity contribution in [3.8, 4) is 12.3 Å². The number of rotatable bonds is 5. The molecule has 0 saturated carbocycles. The van der Waals surface area contributed by atoms with Crippen molar-refractivity contribution in [1.82, 2.24) is 5.32 Å². The Labute approximate surface area is 76.7 Å². The van der Waals surface area contributed by atoms with Gasteiger partial charge in [0, 0.05) is 6.54 Å². The minimum absolute atomic E-state index is 0.0988. The lowest BCUT2D eigenvalue weighted by atomic mass is 10.2. The Bertz CT molecular complexity index is 169. The van der Waals surface area contributed by atoms with Crippen molar-refractivity contribution in [2.75, 3.05) is 6.54 Å². The third-order valence-electron chi connectivity index (χ3n) is 1.58. The maximum absolute atomic E-state index is 11.7. The highest BCUT2D eigenvalue weighted by Gasteiger charge is 2.26. The van der Waals surface area contributed by atoms with Gasteiger partial charge in [-0.1, -0.05) is 19.3 Å². The van der Waals surface area contributed by atoms with E-state index in [2.05, 4.69) is 11.2 Å². The van der Waals surface area contributed by atoms with Gasteiger partial charge in [0.05, 0.1) is 12.5 Å². The van der Waals surface area contributed by atoms with Gasteiger partial charge in [-0.25, -0.2) is 0 Å². The molecular formula is C9H14F3N. The van der Waals surface area contributed by atoms with Gasteiger partial charge in [-0.05, 0) is 6.42 Å². The number of hydrogen-bond donors (Lipinski definition) is 1. The summed E-state index contributed by atoms with van der Waals surface area (Å²) in [5, 5.41) is 2.67. The lowest BCUT2D eigenvalue weighted by Gasteiger charge is -2.12. The average Bonchev–Trinajstić information content (AvgIpc) is 2.01. The molecule has 76 valence electrons. The van der Waals surface area contributed by atoms with Crippen LogP contribution in [-0.4, -0.2) is 18.8 Å². The van der Waals surface area contributed by atoms with Gasteiger partial charge in [0.1, 0.15) is 0 Å². The van der Waals surface area contributed by atoms with E-state index in [0.29, 0.717) is 6.42 Å². The van der Waals surface area contributed by atoms with Crippen LogP contribution in [-0.2, 0) is 0 Å². The Morgan fingerprint density at radius 3 is 2.46 bits per heavy atom. The lowest BCUT2D eigenvalue weighted by Crippen LogP contribution is -2.30. The highest BCUT2D eigenvalue weighted by atomic mass is 19.4. The van der Waals surface area contributed by atoms with Gasteiger partial charge in [0.25, 0.3) is 0 Å². The quantitative estimate of drug-likeness (QED) is 0.661. The number of nitrogens with one attached hydrogen (secondary N) is 1. The predicted octanol–water partition coefficient (Wildman–Crippen LogP) is 2.33. The van der Waals surface area contributed by atoms with E-state index < -0.39 is 12.6 Å². The first-order valence-corrected chi connectivity index (χ1v) is 4.26. The van der Waals surface area contributed by atoms with E-state index in [4.69, 9.17) is 6.42 Å². The summed E-state index contributed by atoms with van der Waals surface area (Å²) in [7, 11) is 0. The van der Waals surface area contributed by atoms with Crippen LogP contribution in [0.5, 0.6) is 0 Å². The summed E-state index contributed by atoms with van der Waals surface area (Å²) in [5.41, 5.74) is 0. The van der Waals surface area contributed by atoms with Crippen molar-refractivity contribution in [2.24, 2.45) is 0 Å². The zero-order valence-corrected chi connectivity index (χ0v) is 7.62. The molecule has 1 unspecified atom stereocenters. The van der Waals surface area contributed by atoms with Gasteiger partial charge >= 0.3 is 6.18 Å². The smallest absolute Gasteiger partial charge is 0.303 e. The summed E-state index contributed by atoms with van der Waals surface area (Å²) in [4.78, 5) is 0. The molecule has 0 aromatic rings. The van der Waals surface area contributed by atoms with Gasteiger partial charge in [-0.3, -0.25) is 0 Å². The molecule has 0 radical (unpaired) electrons. The van der Waals surface area contributed by atoms with Crippen molar-refractivity contribution in [3.63, 3.8) is 0 Å². The molecule has 0 rings (SSSR count). The minimum Gasteiger partial charge on any atom is -0.303 e. The molecule has 0 amide bonds. The fraction of sp³-hybridized carbons (Fsp3) is 0.778. The van der Waals surface area contributed by atoms with Crippen LogP contribution in [0.1, 0.15) is 26.2 Å². The van der Waals surface area contributed by atoms with E-state index >= 15 is 0 Å². The van der Waals surface area contributed by atoms with Crippen molar-refractivity contribution in [1.29, 1.82) is 0 Å². The van der Waals surface area contributed by atoms with Crippen LogP contribution in [0.15, 0.2) is 0 Å². The Kier molecular flexibility index (Phi) is 5.56. The Hall–Kier alpha value is -0.690. The fourth-order valence-electron chi connectivity index (χ4n) is 0.921. The van der Waals surface area contributed by atoms with Crippen LogP contribution in [0.3, 0.4) is 0 Å². The molecule has 1 N–H and O–H groups in total. The topological polar surface area (TPSA) is 12.0 Å². The maximum Gasteiger partial charge on any atom is 0.390 e. The SMILES string of the molecule is C#CC(CCC)NCCC(F)(F)F. The van der Waals surface area contributed by atoms with Crippen LogP contribution < -0.4 is 5.32 Å². The van der Waals surface area contributed by atoms with E-state index in [0.717, 1.165) is 6.42 Å². The van der Waals surface area contributed by atoms with Gasteiger partial charge in [0.15, 0.2) is 0 Å². The summed E-state index contributed by atoms with van der Waals surface area (Å²) in [5.74, 6) is 2.41. The van der Waals surface area contributed by atoms with Crippen molar-refractivity contribution >= 4 is 0 Å². The van der Waals surface area contributed by atoms with Crippen molar-refractivity contribution < 1.29 is 13.2 Å². The Balaban J connectivity index is 3.57. The Morgan fingerprint density at radius 1 is 1.46 bits per heavy atom. The standard InChI is InChI=1S/C9H14F3N/c1-3-5-8(4-2)13-7-6-9(10,11)12/h2,8,13H,3,5-7H2,1H3. The first-order chi connectivity index (χ1) is 5.99. The summed E-state index contributed by atoms with van der Waals surface area (Å²) >= 11 is 0. The van der Waals surface area contributed by atoms with Crippen LogP contribution in [0, 0.1) is 12.3 Å². The van der Waals surface area contributed by atoms with Crippen LogP contribution in [0.2, 0.25) is 0 Å². The minimum atomic E-state index is -4.10. The van der Waals surface area contributed by atoms with E-state index in [1.165, 1.54) is 0 Å². The lowest BCUT2D eigenvalue weighted by molar-refractivity contribution is -0.133. The molecule has 0 fully saturated rings. The largest absolute Gasteiger partial charge is 0.390 e. The molecular weight excluding hydrogens is 179 g/mol. The number of hydrogen-bond acceptors (Lipinski definition) is 1. The zero-order valence-electron chi connectivity index (χ0n) is 7.62. The summed E-state index contributed by atoms with van der Waals surface area (Å²) < 4.78 is 35.1. The highest BCUT2D eigenvalue weighted by Crippen LogP contribution is 2.18. The van der Waals surface area contributed by atoms with E-state index in [1.807, 2.05) is 6.92 Å². The summed E-state index contributed by atoms with van der Waals surface area (Å²) in [6.07, 6.45) is 1.78. The molecule has 4 heteroatoms. The molecule has 0 aromatic heterocycles. The summed E-state index contributed by atoms with van der Waals surface area (Å²) in [6, 6.07) is -0.229. The van der Waals surface area contributed by atoms with Crippen LogP contribution >= 0.6 is 0 Å². The van der Waals surface area contributed by atoms with Gasteiger partial charge in [-0.2, -0.15) is 13.2 Å². The molecule has 0 saturated heterocycles. The maximum atomic E-state index is 11.7. The molecule has 0 aromatic carbocycles. The first-order valence-electron chi connectivity index (χ1n) is 4.26. The van der Waals surface area contributed by atoms with Crippen LogP contribution in [0.4, 0.5) is 13.2 Å². The number of alkyl halides is 3. The molecule has 13 heavy (non-hydrogen) atoms. The molecule has 0 aliphatic rings. The number of halogens is 3. The van der Waals surface area contributed by atoms with Gasteiger partial charge in [-0.15, -0.1) is 6.42 Å². The number of terminal acetylenes is 1. The second-order valence-electron chi connectivity index (χ2n) is 2.83. The normalized spacial score (nSPS) is 13.8. The van der Waals surface area contributed by atoms with Gasteiger partial charge < -0.3 is 5.32 Å². The third-order valence-corrected chi connectivity index (χ3v) is 1.58. The molecule has 1 nitrogen and oxygen atoms in total. The second-order valence-corrected chi connectivity index (χ2v) is 2.83. The van der Waals surface area contributed by atoms with Crippen LogP contribution in [0.25, 0.3) is 0 Å². The molecule has 0 aliphatic heterocycles. The monoisotopic (exact) mass is 193 g/mol. The van der Waals surface area contributed by atoms with Gasteiger partial charge in [0.2, 0.25) is 0 Å². The first kappa shape index (κ1) is 12.3. The van der Waals surface area contributed by atoms with Crippen molar-refractivity contribution in [2.45, 2.75) is 38.4 Å². The molecule has 1 atom stereocenters. The third kappa shape index (κ3) is 7.66. The molecule has 0 spiro atoms. The highest BCUT2D eigenvalue weighted by molar-refractivity contribution is 4.98. The zero-order chi connectivity index (χ0) is 10.3. The van der Waals surface area contributed by atoms with E-state index in [1.54, 1.807) is 0 Å². The molecule has 0 bridgehead atoms. The second kappa shape index (κ2) is 5.87. The van der Waals surface area contributed by atoms with Crippen molar-refractivity contribution in [3.05, 3.63) is 0 Å². The predicted molar refractivity (Wildman–Crippen MR) is 46.2 cm³/mol. The molecule has 0 heterocycles. The molecule has 0 aliphatic carbocycles. The van der Waals surface area contributed by atoms with E-state index in [9.17, 15) is 13.2 Å². The average molecular weight is 193 g/mol.